The SMILES string of the molecule is Cn1cc(-c2nc(C(=O)NC3CCCCC3CO)cs2)cn1. The summed E-state index contributed by atoms with van der Waals surface area (Å²) in [5, 5.41) is 19.1. The average molecular weight is 320 g/mol. The topological polar surface area (TPSA) is 80.0 Å². The highest BCUT2D eigenvalue weighted by atomic mass is 32.1. The lowest BCUT2D eigenvalue weighted by Crippen LogP contribution is -2.43. The van der Waals surface area contributed by atoms with Crippen LogP contribution >= 0.6 is 11.3 Å². The van der Waals surface area contributed by atoms with E-state index in [4.69, 9.17) is 0 Å². The largest absolute Gasteiger partial charge is 0.396 e. The molecule has 1 saturated carbocycles. The zero-order chi connectivity index (χ0) is 15.5. The molecule has 1 fully saturated rings. The van der Waals surface area contributed by atoms with Gasteiger partial charge in [0.25, 0.3) is 5.91 Å². The number of thiazole rings is 1. The Hall–Kier alpha value is -1.73. The van der Waals surface area contributed by atoms with Gasteiger partial charge in [-0.3, -0.25) is 9.48 Å². The minimum Gasteiger partial charge on any atom is -0.396 e. The molecular weight excluding hydrogens is 300 g/mol. The van der Waals surface area contributed by atoms with Crippen LogP contribution in [0, 0.1) is 5.92 Å². The lowest BCUT2D eigenvalue weighted by molar-refractivity contribution is 0.0868. The number of carbonyl (C=O) groups excluding carboxylic acids is 1. The van der Waals surface area contributed by atoms with Crippen molar-refractivity contribution in [1.82, 2.24) is 20.1 Å². The summed E-state index contributed by atoms with van der Waals surface area (Å²) in [4.78, 5) is 16.8. The molecule has 0 saturated heterocycles. The Morgan fingerprint density at radius 1 is 1.50 bits per heavy atom. The van der Waals surface area contributed by atoms with E-state index in [1.54, 1.807) is 16.3 Å². The van der Waals surface area contributed by atoms with E-state index in [2.05, 4.69) is 15.4 Å². The van der Waals surface area contributed by atoms with Gasteiger partial charge in [0, 0.05) is 42.8 Å². The number of aliphatic hydroxyl groups excluding tert-OH is 1. The molecule has 2 aromatic heterocycles. The van der Waals surface area contributed by atoms with Crippen molar-refractivity contribution in [1.29, 1.82) is 0 Å². The maximum Gasteiger partial charge on any atom is 0.271 e. The van der Waals surface area contributed by atoms with E-state index in [0.717, 1.165) is 36.3 Å². The third-order valence-corrected chi connectivity index (χ3v) is 5.04. The molecule has 22 heavy (non-hydrogen) atoms. The average Bonchev–Trinajstić information content (AvgIpc) is 3.16. The Morgan fingerprint density at radius 2 is 2.32 bits per heavy atom. The standard InChI is InChI=1S/C15H20N4O2S/c1-19-7-11(6-16-19)15-18-13(9-22-15)14(21)17-12-5-3-2-4-10(12)8-20/h6-7,9-10,12,20H,2-5,8H2,1H3,(H,17,21). The quantitative estimate of drug-likeness (QED) is 0.900. The van der Waals surface area contributed by atoms with Crippen LogP contribution in [0.3, 0.4) is 0 Å². The smallest absolute Gasteiger partial charge is 0.271 e. The molecule has 2 N–H and O–H groups in total. The molecule has 7 heteroatoms. The molecule has 1 aliphatic rings. The van der Waals surface area contributed by atoms with Crippen molar-refractivity contribution >= 4 is 17.2 Å². The minimum absolute atomic E-state index is 0.0507. The fraction of sp³-hybridized carbons (Fsp3) is 0.533. The first-order valence-electron chi connectivity index (χ1n) is 7.53. The summed E-state index contributed by atoms with van der Waals surface area (Å²) >= 11 is 1.44. The molecule has 118 valence electrons. The van der Waals surface area contributed by atoms with Crippen LogP contribution in [0.15, 0.2) is 17.8 Å². The number of aliphatic hydroxyl groups is 1. The van der Waals surface area contributed by atoms with Gasteiger partial charge in [-0.15, -0.1) is 11.3 Å². The number of carbonyl (C=O) groups is 1. The molecule has 1 aliphatic carbocycles. The molecule has 2 heterocycles. The molecule has 0 radical (unpaired) electrons. The second-order valence-electron chi connectivity index (χ2n) is 5.75. The highest BCUT2D eigenvalue weighted by Crippen LogP contribution is 2.26. The molecular formula is C15H20N4O2S. The second kappa shape index (κ2) is 6.58. The van der Waals surface area contributed by atoms with Crippen LogP contribution in [0.5, 0.6) is 0 Å². The zero-order valence-electron chi connectivity index (χ0n) is 12.5. The van der Waals surface area contributed by atoms with Crippen LogP contribution in [0.2, 0.25) is 0 Å². The summed E-state index contributed by atoms with van der Waals surface area (Å²) in [6, 6.07) is 0.0507. The summed E-state index contributed by atoms with van der Waals surface area (Å²) in [5.74, 6) is 0.00543. The molecule has 6 nitrogen and oxygen atoms in total. The van der Waals surface area contributed by atoms with E-state index in [0.29, 0.717) is 5.69 Å². The van der Waals surface area contributed by atoms with Gasteiger partial charge < -0.3 is 10.4 Å². The van der Waals surface area contributed by atoms with Crippen LogP contribution in [-0.2, 0) is 7.05 Å². The molecule has 0 bridgehead atoms. The van der Waals surface area contributed by atoms with Gasteiger partial charge in [-0.2, -0.15) is 5.10 Å². The maximum atomic E-state index is 12.4. The van der Waals surface area contributed by atoms with Crippen molar-refractivity contribution in [3.05, 3.63) is 23.5 Å². The van der Waals surface area contributed by atoms with Crippen LogP contribution < -0.4 is 5.32 Å². The molecule has 0 aliphatic heterocycles. The van der Waals surface area contributed by atoms with Crippen molar-refractivity contribution in [2.45, 2.75) is 31.7 Å². The minimum atomic E-state index is -0.156. The van der Waals surface area contributed by atoms with E-state index >= 15 is 0 Å². The van der Waals surface area contributed by atoms with Crippen LogP contribution in [0.25, 0.3) is 10.6 Å². The Labute approximate surface area is 133 Å². The highest BCUT2D eigenvalue weighted by Gasteiger charge is 2.26. The molecule has 1 amide bonds. The first-order valence-corrected chi connectivity index (χ1v) is 8.41. The van der Waals surface area contributed by atoms with E-state index in [1.807, 2.05) is 13.2 Å². The van der Waals surface area contributed by atoms with Gasteiger partial charge in [-0.25, -0.2) is 4.98 Å². The lowest BCUT2D eigenvalue weighted by atomic mass is 9.85. The molecule has 0 spiro atoms. The van der Waals surface area contributed by atoms with Gasteiger partial charge in [0.2, 0.25) is 0 Å². The maximum absolute atomic E-state index is 12.4. The number of rotatable bonds is 4. The van der Waals surface area contributed by atoms with Crippen molar-refractivity contribution < 1.29 is 9.90 Å². The fourth-order valence-electron chi connectivity index (χ4n) is 2.90. The first-order chi connectivity index (χ1) is 10.7. The molecule has 2 aromatic rings. The summed E-state index contributed by atoms with van der Waals surface area (Å²) in [5.41, 5.74) is 1.35. The number of nitrogens with zero attached hydrogens (tertiary/aromatic N) is 3. The van der Waals surface area contributed by atoms with Crippen LogP contribution in [-0.4, -0.2) is 38.4 Å². The number of aromatic nitrogens is 3. The van der Waals surface area contributed by atoms with E-state index in [9.17, 15) is 9.90 Å². The Bertz CT molecular complexity index is 652. The zero-order valence-corrected chi connectivity index (χ0v) is 13.3. The third kappa shape index (κ3) is 3.20. The summed E-state index contributed by atoms with van der Waals surface area (Å²) in [6.07, 6.45) is 7.74. The number of nitrogens with one attached hydrogen (secondary N) is 1. The van der Waals surface area contributed by atoms with Gasteiger partial charge in [0.1, 0.15) is 10.7 Å². The Balaban J connectivity index is 1.69. The van der Waals surface area contributed by atoms with E-state index < -0.39 is 0 Å². The predicted molar refractivity (Wildman–Crippen MR) is 84.6 cm³/mol. The van der Waals surface area contributed by atoms with E-state index in [-0.39, 0.29) is 24.5 Å². The lowest BCUT2D eigenvalue weighted by Gasteiger charge is -2.30. The fourth-order valence-corrected chi connectivity index (χ4v) is 3.68. The van der Waals surface area contributed by atoms with Gasteiger partial charge >= 0.3 is 0 Å². The second-order valence-corrected chi connectivity index (χ2v) is 6.61. The molecule has 2 unspecified atom stereocenters. The summed E-state index contributed by atoms with van der Waals surface area (Å²) < 4.78 is 1.71. The number of aryl methyl sites for hydroxylation is 1. The molecule has 0 aromatic carbocycles. The van der Waals surface area contributed by atoms with Gasteiger partial charge in [-0.05, 0) is 12.8 Å². The predicted octanol–water partition coefficient (Wildman–Crippen LogP) is 1.82. The number of hydrogen-bond acceptors (Lipinski definition) is 5. The molecule has 2 atom stereocenters. The van der Waals surface area contributed by atoms with Crippen LogP contribution in [0.4, 0.5) is 0 Å². The van der Waals surface area contributed by atoms with Gasteiger partial charge in [-0.1, -0.05) is 12.8 Å². The van der Waals surface area contributed by atoms with Gasteiger partial charge in [0.15, 0.2) is 0 Å². The first kappa shape index (κ1) is 15.2. The van der Waals surface area contributed by atoms with Crippen molar-refractivity contribution in [2.24, 2.45) is 13.0 Å². The van der Waals surface area contributed by atoms with Crippen LogP contribution in [0.1, 0.15) is 36.2 Å². The van der Waals surface area contributed by atoms with Crippen molar-refractivity contribution in [3.63, 3.8) is 0 Å². The van der Waals surface area contributed by atoms with Crippen molar-refractivity contribution in [3.8, 4) is 10.6 Å². The number of amides is 1. The highest BCUT2D eigenvalue weighted by molar-refractivity contribution is 7.13. The van der Waals surface area contributed by atoms with Crippen molar-refractivity contribution in [2.75, 3.05) is 6.61 Å². The number of hydrogen-bond donors (Lipinski definition) is 2. The van der Waals surface area contributed by atoms with Gasteiger partial charge in [0.05, 0.1) is 6.20 Å². The monoisotopic (exact) mass is 320 g/mol. The van der Waals surface area contributed by atoms with E-state index in [1.165, 1.54) is 11.3 Å². The summed E-state index contributed by atoms with van der Waals surface area (Å²) in [7, 11) is 1.85. The normalized spacial score (nSPS) is 21.7. The Morgan fingerprint density at radius 3 is 3.05 bits per heavy atom. The summed E-state index contributed by atoms with van der Waals surface area (Å²) in [6.45, 7) is 0.128. The molecule has 3 rings (SSSR count). The Kier molecular flexibility index (Phi) is 4.54. The third-order valence-electron chi connectivity index (χ3n) is 4.15.